The molecule has 4 heterocycles. The highest BCUT2D eigenvalue weighted by Crippen LogP contribution is 2.50. The lowest BCUT2D eigenvalue weighted by Crippen LogP contribution is -2.46. The van der Waals surface area contributed by atoms with Crippen LogP contribution < -0.4 is 10.2 Å². The standard InChI is InChI=1S/C17H11ClF6N6O/c1-16(17(22,23)24)6-29(9-5-25-12-4-10(18)28-30(12)13(9)16)15(31)26-7-2-8(14(20)21)27-11(19)3-7/h2-5,14H,6H2,1H3,(H,26,27,31). The summed E-state index contributed by atoms with van der Waals surface area (Å²) < 4.78 is 82.2. The van der Waals surface area contributed by atoms with Crippen molar-refractivity contribution in [1.82, 2.24) is 19.6 Å². The van der Waals surface area contributed by atoms with Gasteiger partial charge in [-0.15, -0.1) is 0 Å². The number of carbonyl (C=O) groups is 1. The fraction of sp³-hybridized carbons (Fsp3) is 0.294. The van der Waals surface area contributed by atoms with Crippen molar-refractivity contribution < 1.29 is 31.1 Å². The molecular weight excluding hydrogens is 454 g/mol. The monoisotopic (exact) mass is 464 g/mol. The highest BCUT2D eigenvalue weighted by Gasteiger charge is 2.60. The van der Waals surface area contributed by atoms with Crippen molar-refractivity contribution in [2.75, 3.05) is 16.8 Å². The van der Waals surface area contributed by atoms with Crippen LogP contribution in [0, 0.1) is 5.95 Å². The van der Waals surface area contributed by atoms with Gasteiger partial charge < -0.3 is 5.32 Å². The van der Waals surface area contributed by atoms with E-state index >= 15 is 0 Å². The molecule has 1 aliphatic heterocycles. The average molecular weight is 465 g/mol. The van der Waals surface area contributed by atoms with E-state index in [9.17, 15) is 31.1 Å². The Labute approximate surface area is 174 Å². The van der Waals surface area contributed by atoms with Crippen molar-refractivity contribution in [1.29, 1.82) is 0 Å². The topological polar surface area (TPSA) is 75.4 Å². The molecule has 0 spiro atoms. The van der Waals surface area contributed by atoms with E-state index in [2.05, 4.69) is 20.4 Å². The van der Waals surface area contributed by atoms with Gasteiger partial charge in [0.1, 0.15) is 11.1 Å². The van der Waals surface area contributed by atoms with E-state index in [1.807, 2.05) is 0 Å². The summed E-state index contributed by atoms with van der Waals surface area (Å²) in [5.74, 6) is -1.29. The third-order valence-electron chi connectivity index (χ3n) is 4.88. The summed E-state index contributed by atoms with van der Waals surface area (Å²) in [6.45, 7) is 0.0281. The minimum absolute atomic E-state index is 0.0410. The molecule has 164 valence electrons. The minimum Gasteiger partial charge on any atom is -0.307 e. The molecule has 0 bridgehead atoms. The van der Waals surface area contributed by atoms with Gasteiger partial charge in [0.2, 0.25) is 5.95 Å². The Balaban J connectivity index is 1.78. The molecular formula is C17H11ClF6N6O. The van der Waals surface area contributed by atoms with Gasteiger partial charge in [-0.25, -0.2) is 28.1 Å². The molecule has 0 aliphatic carbocycles. The Hall–Kier alpha value is -3.09. The SMILES string of the molecule is CC1(C(F)(F)F)CN(C(=O)Nc2cc(F)nc(C(F)F)c2)c2cnc3cc(Cl)nn3c21. The van der Waals surface area contributed by atoms with Gasteiger partial charge in [0, 0.05) is 24.4 Å². The number of nitrogens with zero attached hydrogens (tertiary/aromatic N) is 5. The van der Waals surface area contributed by atoms with Crippen molar-refractivity contribution >= 4 is 34.7 Å². The quantitative estimate of drug-likeness (QED) is 0.439. The Kier molecular flexibility index (Phi) is 4.76. The minimum atomic E-state index is -4.80. The molecule has 14 heteroatoms. The maximum Gasteiger partial charge on any atom is 0.401 e. The molecule has 1 atom stereocenters. The predicted molar refractivity (Wildman–Crippen MR) is 96.9 cm³/mol. The van der Waals surface area contributed by atoms with Crippen molar-refractivity contribution in [2.24, 2.45) is 0 Å². The summed E-state index contributed by atoms with van der Waals surface area (Å²) in [6, 6.07) is 1.53. The number of pyridine rings is 1. The third-order valence-corrected chi connectivity index (χ3v) is 5.07. The Bertz CT molecular complexity index is 1200. The van der Waals surface area contributed by atoms with E-state index in [1.54, 1.807) is 0 Å². The Morgan fingerprint density at radius 3 is 2.65 bits per heavy atom. The summed E-state index contributed by atoms with van der Waals surface area (Å²) in [5, 5.41) is 5.86. The van der Waals surface area contributed by atoms with Gasteiger partial charge in [0.05, 0.1) is 17.6 Å². The third kappa shape index (κ3) is 3.42. The van der Waals surface area contributed by atoms with Gasteiger partial charge in [-0.1, -0.05) is 11.6 Å². The molecule has 1 unspecified atom stereocenters. The number of fused-ring (bicyclic) bond motifs is 3. The van der Waals surface area contributed by atoms with Crippen LogP contribution in [0.3, 0.4) is 0 Å². The van der Waals surface area contributed by atoms with Crippen LogP contribution >= 0.6 is 11.6 Å². The van der Waals surface area contributed by atoms with Crippen molar-refractivity contribution in [3.8, 4) is 0 Å². The molecule has 0 aromatic carbocycles. The second kappa shape index (κ2) is 6.97. The number of aromatic nitrogens is 4. The lowest BCUT2D eigenvalue weighted by Gasteiger charge is -2.28. The van der Waals surface area contributed by atoms with E-state index in [1.165, 1.54) is 6.07 Å². The first-order chi connectivity index (χ1) is 14.4. The summed E-state index contributed by atoms with van der Waals surface area (Å²) in [5.41, 5.74) is -4.43. The summed E-state index contributed by atoms with van der Waals surface area (Å²) in [4.78, 5) is 20.5. The van der Waals surface area contributed by atoms with Crippen LogP contribution in [-0.2, 0) is 5.41 Å². The van der Waals surface area contributed by atoms with E-state index in [0.717, 1.165) is 28.6 Å². The van der Waals surface area contributed by atoms with Gasteiger partial charge in [-0.05, 0) is 13.0 Å². The Morgan fingerprint density at radius 2 is 2.00 bits per heavy atom. The number of carbonyl (C=O) groups excluding carboxylic acids is 1. The molecule has 0 saturated heterocycles. The number of hydrogen-bond donors (Lipinski definition) is 1. The zero-order valence-electron chi connectivity index (χ0n) is 15.4. The maximum atomic E-state index is 14.0. The predicted octanol–water partition coefficient (Wildman–Crippen LogP) is 4.73. The van der Waals surface area contributed by atoms with Crippen LogP contribution in [0.25, 0.3) is 5.65 Å². The highest BCUT2D eigenvalue weighted by atomic mass is 35.5. The number of alkyl halides is 5. The normalized spacial score (nSPS) is 18.7. The first kappa shape index (κ1) is 21.2. The van der Waals surface area contributed by atoms with Gasteiger partial charge >= 0.3 is 12.2 Å². The largest absolute Gasteiger partial charge is 0.401 e. The molecule has 2 amide bonds. The smallest absolute Gasteiger partial charge is 0.307 e. The van der Waals surface area contributed by atoms with Crippen LogP contribution in [0.1, 0.15) is 24.7 Å². The van der Waals surface area contributed by atoms with Gasteiger partial charge in [-0.2, -0.15) is 22.7 Å². The average Bonchev–Trinajstić information content (AvgIpc) is 3.18. The van der Waals surface area contributed by atoms with E-state index in [-0.39, 0.29) is 22.2 Å². The molecule has 0 fully saturated rings. The zero-order valence-corrected chi connectivity index (χ0v) is 16.1. The molecule has 1 N–H and O–H groups in total. The molecule has 31 heavy (non-hydrogen) atoms. The highest BCUT2D eigenvalue weighted by molar-refractivity contribution is 6.29. The molecule has 0 radical (unpaired) electrons. The van der Waals surface area contributed by atoms with Crippen LogP contribution in [0.4, 0.5) is 42.5 Å². The van der Waals surface area contributed by atoms with Crippen LogP contribution in [-0.4, -0.2) is 38.3 Å². The van der Waals surface area contributed by atoms with Crippen LogP contribution in [0.5, 0.6) is 0 Å². The lowest BCUT2D eigenvalue weighted by molar-refractivity contribution is -0.181. The van der Waals surface area contributed by atoms with Crippen LogP contribution in [0.2, 0.25) is 5.15 Å². The van der Waals surface area contributed by atoms with Gasteiger partial charge in [0.15, 0.2) is 10.8 Å². The van der Waals surface area contributed by atoms with E-state index < -0.39 is 47.9 Å². The molecule has 4 rings (SSSR count). The zero-order chi connectivity index (χ0) is 22.7. The second-order valence-corrected chi connectivity index (χ2v) is 7.37. The fourth-order valence-corrected chi connectivity index (χ4v) is 3.56. The van der Waals surface area contributed by atoms with Gasteiger partial charge in [-0.3, -0.25) is 4.90 Å². The maximum absolute atomic E-state index is 14.0. The van der Waals surface area contributed by atoms with Crippen molar-refractivity contribution in [2.45, 2.75) is 24.9 Å². The fourth-order valence-electron chi connectivity index (χ4n) is 3.38. The number of nitrogens with one attached hydrogen (secondary N) is 1. The van der Waals surface area contributed by atoms with Crippen molar-refractivity contribution in [3.05, 3.63) is 46.9 Å². The molecule has 1 aliphatic rings. The molecule has 3 aromatic heterocycles. The number of amides is 2. The first-order valence-electron chi connectivity index (χ1n) is 8.56. The lowest BCUT2D eigenvalue weighted by atomic mass is 9.88. The first-order valence-corrected chi connectivity index (χ1v) is 8.94. The number of rotatable bonds is 2. The molecule has 3 aromatic rings. The number of urea groups is 1. The number of hydrogen-bond acceptors (Lipinski definition) is 4. The number of halogens is 7. The van der Waals surface area contributed by atoms with E-state index in [4.69, 9.17) is 11.6 Å². The Morgan fingerprint density at radius 1 is 1.29 bits per heavy atom. The molecule has 7 nitrogen and oxygen atoms in total. The molecule has 0 saturated carbocycles. The van der Waals surface area contributed by atoms with E-state index in [0.29, 0.717) is 6.07 Å². The summed E-state index contributed by atoms with van der Waals surface area (Å²) in [6.07, 6.45) is -6.86. The second-order valence-electron chi connectivity index (χ2n) is 6.98. The van der Waals surface area contributed by atoms with Crippen LogP contribution in [0.15, 0.2) is 24.4 Å². The number of anilines is 2. The van der Waals surface area contributed by atoms with Gasteiger partial charge in [0.25, 0.3) is 6.43 Å². The summed E-state index contributed by atoms with van der Waals surface area (Å²) >= 11 is 5.80. The summed E-state index contributed by atoms with van der Waals surface area (Å²) in [7, 11) is 0. The van der Waals surface area contributed by atoms with Crippen molar-refractivity contribution in [3.63, 3.8) is 0 Å².